The molecule has 2 aliphatic heterocycles. The van der Waals surface area contributed by atoms with E-state index in [1.165, 1.54) is 0 Å². The summed E-state index contributed by atoms with van der Waals surface area (Å²) >= 11 is 1.92. The third-order valence-corrected chi connectivity index (χ3v) is 6.50. The summed E-state index contributed by atoms with van der Waals surface area (Å²) in [6.07, 6.45) is 4.27. The maximum Gasteiger partial charge on any atom is 0.315 e. The molecule has 3 atom stereocenters. The molecule has 2 fully saturated rings. The fourth-order valence-electron chi connectivity index (χ4n) is 3.61. The van der Waals surface area contributed by atoms with Crippen LogP contribution in [0.1, 0.15) is 31.2 Å². The van der Waals surface area contributed by atoms with E-state index in [0.29, 0.717) is 18.2 Å². The number of carbonyl (C=O) groups is 2. The number of ether oxygens (including phenoxy) is 1. The summed E-state index contributed by atoms with van der Waals surface area (Å²) in [5.41, 5.74) is 1.11. The van der Waals surface area contributed by atoms with Gasteiger partial charge in [-0.1, -0.05) is 24.6 Å². The van der Waals surface area contributed by atoms with Gasteiger partial charge in [-0.25, -0.2) is 4.79 Å². The molecule has 3 rings (SSSR count). The van der Waals surface area contributed by atoms with Gasteiger partial charge in [-0.15, -0.1) is 0 Å². The molecule has 6 nitrogen and oxygen atoms in total. The number of hydrogen-bond donors (Lipinski definition) is 3. The second-order valence-electron chi connectivity index (χ2n) is 6.78. The highest BCUT2D eigenvalue weighted by Gasteiger charge is 2.42. The van der Waals surface area contributed by atoms with Gasteiger partial charge in [-0.3, -0.25) is 4.79 Å². The molecule has 1 aromatic rings. The zero-order chi connectivity index (χ0) is 18.4. The number of methoxy groups -OCH3 is 1. The van der Waals surface area contributed by atoms with Crippen LogP contribution in [-0.4, -0.2) is 48.7 Å². The number of benzene rings is 1. The van der Waals surface area contributed by atoms with Gasteiger partial charge in [-0.05, 0) is 30.9 Å². The van der Waals surface area contributed by atoms with Crippen molar-refractivity contribution in [3.05, 3.63) is 29.8 Å². The number of hydrogen-bond acceptors (Lipinski definition) is 4. The minimum Gasteiger partial charge on any atom is -0.496 e. The Morgan fingerprint density at radius 2 is 2.15 bits per heavy atom. The highest BCUT2D eigenvalue weighted by atomic mass is 32.2. The predicted molar refractivity (Wildman–Crippen MR) is 104 cm³/mol. The van der Waals surface area contributed by atoms with Crippen molar-refractivity contribution < 1.29 is 14.3 Å². The molecule has 3 N–H and O–H groups in total. The number of para-hydroxylation sites is 1. The van der Waals surface area contributed by atoms with Gasteiger partial charge in [0.05, 0.1) is 19.2 Å². The molecule has 0 bridgehead atoms. The molecular formula is C19H27N3O3S. The number of thioether (sulfide) groups is 1. The van der Waals surface area contributed by atoms with Gasteiger partial charge in [0, 0.05) is 24.0 Å². The Hall–Kier alpha value is -1.89. The first-order valence-corrected chi connectivity index (χ1v) is 10.3. The van der Waals surface area contributed by atoms with Crippen molar-refractivity contribution >= 4 is 23.7 Å². The van der Waals surface area contributed by atoms with Crippen LogP contribution in [0.4, 0.5) is 4.79 Å². The molecule has 2 saturated heterocycles. The molecule has 1 aromatic carbocycles. The fourth-order valence-corrected chi connectivity index (χ4v) is 5.15. The van der Waals surface area contributed by atoms with Crippen molar-refractivity contribution in [3.63, 3.8) is 0 Å². The van der Waals surface area contributed by atoms with E-state index in [1.54, 1.807) is 7.11 Å². The second-order valence-corrected chi connectivity index (χ2v) is 8.05. The molecule has 3 amide bonds. The van der Waals surface area contributed by atoms with Gasteiger partial charge in [-0.2, -0.15) is 11.8 Å². The van der Waals surface area contributed by atoms with Gasteiger partial charge >= 0.3 is 6.03 Å². The summed E-state index contributed by atoms with van der Waals surface area (Å²) in [6, 6.07) is 8.36. The van der Waals surface area contributed by atoms with E-state index in [-0.39, 0.29) is 24.0 Å². The quantitative estimate of drug-likeness (QED) is 0.455. The summed E-state index contributed by atoms with van der Waals surface area (Å²) < 4.78 is 5.32. The lowest BCUT2D eigenvalue weighted by Crippen LogP contribution is -2.36. The van der Waals surface area contributed by atoms with Crippen LogP contribution in [0.3, 0.4) is 0 Å². The van der Waals surface area contributed by atoms with Crippen molar-refractivity contribution in [1.82, 2.24) is 16.0 Å². The summed E-state index contributed by atoms with van der Waals surface area (Å²) in [6.45, 7) is 0.624. The number of fused-ring (bicyclic) bond motifs is 1. The third kappa shape index (κ3) is 4.84. The molecular weight excluding hydrogens is 350 g/mol. The van der Waals surface area contributed by atoms with Crippen molar-refractivity contribution in [1.29, 1.82) is 0 Å². The number of urea groups is 1. The minimum atomic E-state index is -0.0419. The molecule has 2 heterocycles. The first-order chi connectivity index (χ1) is 12.7. The maximum atomic E-state index is 12.0. The van der Waals surface area contributed by atoms with Gasteiger partial charge in [0.2, 0.25) is 5.91 Å². The maximum absolute atomic E-state index is 12.0. The zero-order valence-corrected chi connectivity index (χ0v) is 15.9. The van der Waals surface area contributed by atoms with E-state index < -0.39 is 0 Å². The van der Waals surface area contributed by atoms with Crippen LogP contribution in [0.5, 0.6) is 5.75 Å². The molecule has 0 aromatic heterocycles. The average Bonchev–Trinajstić information content (AvgIpc) is 3.18. The zero-order valence-electron chi connectivity index (χ0n) is 15.1. The van der Waals surface area contributed by atoms with E-state index in [4.69, 9.17) is 4.74 Å². The number of amides is 3. The average molecular weight is 378 g/mol. The Morgan fingerprint density at radius 1 is 1.31 bits per heavy atom. The molecule has 0 spiro atoms. The van der Waals surface area contributed by atoms with E-state index in [9.17, 15) is 9.59 Å². The van der Waals surface area contributed by atoms with E-state index >= 15 is 0 Å². The first kappa shape index (κ1) is 18.9. The van der Waals surface area contributed by atoms with Crippen molar-refractivity contribution in [3.8, 4) is 5.75 Å². The summed E-state index contributed by atoms with van der Waals surface area (Å²) in [5.74, 6) is 1.95. The fraction of sp³-hybridized carbons (Fsp3) is 0.579. The van der Waals surface area contributed by atoms with Gasteiger partial charge in [0.15, 0.2) is 0 Å². The van der Waals surface area contributed by atoms with Crippen LogP contribution < -0.4 is 20.7 Å². The largest absolute Gasteiger partial charge is 0.496 e. The lowest BCUT2D eigenvalue weighted by molar-refractivity contribution is -0.121. The predicted octanol–water partition coefficient (Wildman–Crippen LogP) is 2.08. The van der Waals surface area contributed by atoms with Crippen LogP contribution in [0, 0.1) is 0 Å². The molecule has 0 radical (unpaired) electrons. The highest BCUT2D eigenvalue weighted by molar-refractivity contribution is 8.00. The van der Waals surface area contributed by atoms with Gasteiger partial charge in [0.25, 0.3) is 0 Å². The molecule has 0 unspecified atom stereocenters. The Labute approximate surface area is 158 Å². The summed E-state index contributed by atoms with van der Waals surface area (Å²) in [4.78, 5) is 23.4. The summed E-state index contributed by atoms with van der Waals surface area (Å²) in [5, 5.41) is 9.42. The van der Waals surface area contributed by atoms with Gasteiger partial charge < -0.3 is 20.7 Å². The van der Waals surface area contributed by atoms with Crippen LogP contribution in [0.15, 0.2) is 24.3 Å². The number of unbranched alkanes of at least 4 members (excludes halogenated alkanes) is 1. The monoisotopic (exact) mass is 377 g/mol. The normalized spacial score (nSPS) is 23.9. The van der Waals surface area contributed by atoms with E-state index in [1.807, 2.05) is 36.0 Å². The molecule has 0 aliphatic carbocycles. The number of nitrogens with one attached hydrogen (secondary N) is 3. The number of rotatable bonds is 9. The van der Waals surface area contributed by atoms with Crippen molar-refractivity contribution in [2.75, 3.05) is 19.4 Å². The lowest BCUT2D eigenvalue weighted by Gasteiger charge is -2.16. The highest BCUT2D eigenvalue weighted by Crippen LogP contribution is 2.33. The molecule has 0 saturated carbocycles. The topological polar surface area (TPSA) is 79.5 Å². The molecule has 2 aliphatic rings. The van der Waals surface area contributed by atoms with E-state index in [2.05, 4.69) is 16.0 Å². The molecule has 7 heteroatoms. The van der Waals surface area contributed by atoms with Crippen LogP contribution in [0.2, 0.25) is 0 Å². The van der Waals surface area contributed by atoms with Crippen LogP contribution in [0.25, 0.3) is 0 Å². The van der Waals surface area contributed by atoms with Crippen LogP contribution >= 0.6 is 11.8 Å². The smallest absolute Gasteiger partial charge is 0.315 e. The Kier molecular flexibility index (Phi) is 6.66. The minimum absolute atomic E-state index is 0.0419. The van der Waals surface area contributed by atoms with Gasteiger partial charge in [0.1, 0.15) is 5.75 Å². The standard InChI is InChI=1S/C19H27N3O3S/c1-25-15-7-3-2-6-13(15)10-11-20-17(23)9-5-4-8-16-18-14(12-26-16)21-19(24)22-18/h2-3,6-7,14,16,18H,4-5,8-12H2,1H3,(H,20,23)(H2,21,22,24)/t14-,16-,18-/m0/s1. The van der Waals surface area contributed by atoms with Crippen LogP contribution in [-0.2, 0) is 11.2 Å². The Morgan fingerprint density at radius 3 is 3.00 bits per heavy atom. The SMILES string of the molecule is COc1ccccc1CCNC(=O)CCCC[C@@H]1SC[C@@H]2NC(=O)N[C@@H]21. The van der Waals surface area contributed by atoms with E-state index in [0.717, 1.165) is 42.7 Å². The summed E-state index contributed by atoms with van der Waals surface area (Å²) in [7, 11) is 1.66. The van der Waals surface area contributed by atoms with Crippen molar-refractivity contribution in [2.45, 2.75) is 49.4 Å². The first-order valence-electron chi connectivity index (χ1n) is 9.24. The Balaban J connectivity index is 1.28. The van der Waals surface area contributed by atoms with Crippen molar-refractivity contribution in [2.24, 2.45) is 0 Å². The molecule has 26 heavy (non-hydrogen) atoms. The lowest BCUT2D eigenvalue weighted by atomic mass is 10.0. The number of carbonyl (C=O) groups excluding carboxylic acids is 2. The third-order valence-electron chi connectivity index (χ3n) is 4.99. The molecule has 142 valence electrons. The Bertz CT molecular complexity index is 640. The second kappa shape index (κ2) is 9.16.